The number of rotatable bonds is 6. The predicted molar refractivity (Wildman–Crippen MR) is 60.0 cm³/mol. The van der Waals surface area contributed by atoms with Crippen molar-refractivity contribution in [1.29, 1.82) is 0 Å². The molecule has 3 N–H and O–H groups in total. The maximum atomic E-state index is 11.4. The molecule has 0 rings (SSSR count). The lowest BCUT2D eigenvalue weighted by atomic mass is 10.1. The molecule has 0 aliphatic rings. The number of carbonyl (C=O) groups excluding carboxylic acids is 1. The number of thiocarbonyl (C=S) groups is 1. The molecule has 5 heteroatoms. The first kappa shape index (κ1) is 13.3. The predicted octanol–water partition coefficient (Wildman–Crippen LogP) is 0.450. The van der Waals surface area contributed by atoms with Gasteiger partial charge in [-0.05, 0) is 12.8 Å². The van der Waals surface area contributed by atoms with E-state index in [4.69, 9.17) is 22.7 Å². The molecule has 4 nitrogen and oxygen atoms in total. The molecule has 0 spiro atoms. The summed E-state index contributed by atoms with van der Waals surface area (Å²) in [4.78, 5) is 11.7. The number of amides is 1. The molecule has 0 fully saturated rings. The van der Waals surface area contributed by atoms with Crippen molar-refractivity contribution in [1.82, 2.24) is 5.32 Å². The van der Waals surface area contributed by atoms with Gasteiger partial charge in [-0.3, -0.25) is 4.79 Å². The van der Waals surface area contributed by atoms with Crippen LogP contribution in [-0.2, 0) is 9.53 Å². The highest BCUT2D eigenvalue weighted by molar-refractivity contribution is 7.80. The minimum absolute atomic E-state index is 0.0464. The highest BCUT2D eigenvalue weighted by Gasteiger charge is 2.12. The second-order valence-corrected chi connectivity index (χ2v) is 3.93. The van der Waals surface area contributed by atoms with Gasteiger partial charge in [0, 0.05) is 20.1 Å². The topological polar surface area (TPSA) is 64.3 Å². The fraction of sp³-hybridized carbons (Fsp3) is 0.778. The Morgan fingerprint density at radius 3 is 2.57 bits per heavy atom. The van der Waals surface area contributed by atoms with Crippen molar-refractivity contribution in [3.8, 4) is 0 Å². The third-order valence-corrected chi connectivity index (χ3v) is 2.14. The summed E-state index contributed by atoms with van der Waals surface area (Å²) in [5.41, 5.74) is 5.37. The van der Waals surface area contributed by atoms with Crippen LogP contribution in [0.25, 0.3) is 0 Å². The van der Waals surface area contributed by atoms with Crippen LogP contribution >= 0.6 is 12.2 Å². The van der Waals surface area contributed by atoms with E-state index in [1.54, 1.807) is 14.0 Å². The summed E-state index contributed by atoms with van der Waals surface area (Å²) >= 11 is 4.74. The Labute approximate surface area is 90.2 Å². The van der Waals surface area contributed by atoms with Gasteiger partial charge in [0.05, 0.1) is 11.0 Å². The van der Waals surface area contributed by atoms with Crippen molar-refractivity contribution in [3.05, 3.63) is 0 Å². The molecule has 0 saturated carbocycles. The molecule has 0 aromatic carbocycles. The first-order chi connectivity index (χ1) is 6.47. The second kappa shape index (κ2) is 6.73. The van der Waals surface area contributed by atoms with Gasteiger partial charge in [-0.25, -0.2) is 0 Å². The average Bonchev–Trinajstić information content (AvgIpc) is 2.03. The number of ether oxygens (including phenoxy) is 1. The van der Waals surface area contributed by atoms with Crippen molar-refractivity contribution in [3.63, 3.8) is 0 Å². The highest BCUT2D eigenvalue weighted by Crippen LogP contribution is 2.01. The molecule has 2 unspecified atom stereocenters. The van der Waals surface area contributed by atoms with E-state index in [1.165, 1.54) is 0 Å². The molecular weight excluding hydrogens is 200 g/mol. The Bertz CT molecular complexity index is 209. The summed E-state index contributed by atoms with van der Waals surface area (Å²) in [6.07, 6.45) is 0.431. The maximum Gasteiger partial charge on any atom is 0.220 e. The zero-order valence-corrected chi connectivity index (χ0v) is 9.69. The Balaban J connectivity index is 3.80. The van der Waals surface area contributed by atoms with Gasteiger partial charge in [-0.2, -0.15) is 0 Å². The number of nitrogens with one attached hydrogen (secondary N) is 1. The van der Waals surface area contributed by atoms with E-state index < -0.39 is 0 Å². The molecule has 0 aliphatic carbocycles. The molecule has 0 saturated heterocycles. The first-order valence-electron chi connectivity index (χ1n) is 4.55. The molecule has 0 heterocycles. The van der Waals surface area contributed by atoms with Gasteiger partial charge >= 0.3 is 0 Å². The minimum Gasteiger partial charge on any atom is -0.392 e. The van der Waals surface area contributed by atoms with Gasteiger partial charge in [0.2, 0.25) is 5.91 Å². The lowest BCUT2D eigenvalue weighted by Gasteiger charge is -2.14. The molecule has 0 radical (unpaired) electrons. The van der Waals surface area contributed by atoms with Crippen LogP contribution in [0.2, 0.25) is 0 Å². The molecule has 2 atom stereocenters. The van der Waals surface area contributed by atoms with Crippen molar-refractivity contribution >= 4 is 23.1 Å². The molecule has 82 valence electrons. The van der Waals surface area contributed by atoms with Crippen LogP contribution in [0.5, 0.6) is 0 Å². The quantitative estimate of drug-likeness (QED) is 0.635. The van der Waals surface area contributed by atoms with Crippen LogP contribution in [0.1, 0.15) is 20.3 Å². The van der Waals surface area contributed by atoms with E-state index in [2.05, 4.69) is 5.32 Å². The average molecular weight is 218 g/mol. The summed E-state index contributed by atoms with van der Waals surface area (Å²) in [5, 5.41) is 2.71. The van der Waals surface area contributed by atoms with Crippen LogP contribution in [0.3, 0.4) is 0 Å². The summed E-state index contributed by atoms with van der Waals surface area (Å²) in [6.45, 7) is 4.30. The fourth-order valence-corrected chi connectivity index (χ4v) is 1.09. The number of hydrogen-bond donors (Lipinski definition) is 2. The highest BCUT2D eigenvalue weighted by atomic mass is 32.1. The normalized spacial score (nSPS) is 14.5. The molecule has 0 aromatic heterocycles. The summed E-state index contributed by atoms with van der Waals surface area (Å²) in [7, 11) is 1.62. The fourth-order valence-electron chi connectivity index (χ4n) is 1.03. The van der Waals surface area contributed by atoms with Gasteiger partial charge < -0.3 is 15.8 Å². The van der Waals surface area contributed by atoms with Gasteiger partial charge in [0.15, 0.2) is 0 Å². The molecule has 0 bridgehead atoms. The second-order valence-electron chi connectivity index (χ2n) is 3.46. The summed E-state index contributed by atoms with van der Waals surface area (Å²) in [5.74, 6) is 0.161. The zero-order valence-electron chi connectivity index (χ0n) is 8.87. The Kier molecular flexibility index (Phi) is 6.40. The van der Waals surface area contributed by atoms with E-state index in [-0.39, 0.29) is 17.9 Å². The SMILES string of the molecule is COCC(C)CC(=O)NC(C)C(N)=S. The van der Waals surface area contributed by atoms with Crippen molar-refractivity contribution in [2.75, 3.05) is 13.7 Å². The summed E-state index contributed by atoms with van der Waals surface area (Å²) in [6, 6.07) is -0.243. The molecule has 0 aromatic rings. The van der Waals surface area contributed by atoms with E-state index in [0.29, 0.717) is 18.0 Å². The smallest absolute Gasteiger partial charge is 0.220 e. The lowest BCUT2D eigenvalue weighted by molar-refractivity contribution is -0.122. The van der Waals surface area contributed by atoms with Crippen LogP contribution < -0.4 is 11.1 Å². The van der Waals surface area contributed by atoms with E-state index in [0.717, 1.165) is 0 Å². The van der Waals surface area contributed by atoms with Crippen LogP contribution in [-0.4, -0.2) is 30.7 Å². The van der Waals surface area contributed by atoms with Crippen LogP contribution in [0.15, 0.2) is 0 Å². The Morgan fingerprint density at radius 2 is 2.14 bits per heavy atom. The van der Waals surface area contributed by atoms with E-state index >= 15 is 0 Å². The van der Waals surface area contributed by atoms with E-state index in [9.17, 15) is 4.79 Å². The molecule has 1 amide bonds. The standard InChI is InChI=1S/C9H18N2O2S/c1-6(5-13-3)4-8(12)11-7(2)9(10)14/h6-7H,4-5H2,1-3H3,(H2,10,14)(H,11,12). The van der Waals surface area contributed by atoms with Crippen LogP contribution in [0.4, 0.5) is 0 Å². The molecular formula is C9H18N2O2S. The largest absolute Gasteiger partial charge is 0.392 e. The Morgan fingerprint density at radius 1 is 1.57 bits per heavy atom. The lowest BCUT2D eigenvalue weighted by Crippen LogP contribution is -2.41. The van der Waals surface area contributed by atoms with Crippen molar-refractivity contribution in [2.24, 2.45) is 11.7 Å². The molecule has 14 heavy (non-hydrogen) atoms. The van der Waals surface area contributed by atoms with Crippen molar-refractivity contribution in [2.45, 2.75) is 26.3 Å². The minimum atomic E-state index is -0.243. The van der Waals surface area contributed by atoms with Gasteiger partial charge in [-0.1, -0.05) is 19.1 Å². The van der Waals surface area contributed by atoms with Crippen LogP contribution in [0, 0.1) is 5.92 Å². The Hall–Kier alpha value is -0.680. The summed E-state index contributed by atoms with van der Waals surface area (Å²) < 4.78 is 4.93. The number of hydrogen-bond acceptors (Lipinski definition) is 3. The van der Waals surface area contributed by atoms with Gasteiger partial charge in [0.25, 0.3) is 0 Å². The number of methoxy groups -OCH3 is 1. The van der Waals surface area contributed by atoms with E-state index in [1.807, 2.05) is 6.92 Å². The first-order valence-corrected chi connectivity index (χ1v) is 4.95. The third kappa shape index (κ3) is 5.88. The van der Waals surface area contributed by atoms with Gasteiger partial charge in [-0.15, -0.1) is 0 Å². The third-order valence-electron chi connectivity index (χ3n) is 1.79. The van der Waals surface area contributed by atoms with Crippen molar-refractivity contribution < 1.29 is 9.53 Å². The maximum absolute atomic E-state index is 11.4. The van der Waals surface area contributed by atoms with Gasteiger partial charge in [0.1, 0.15) is 0 Å². The molecule has 0 aliphatic heterocycles. The monoisotopic (exact) mass is 218 g/mol. The number of carbonyl (C=O) groups is 1. The number of nitrogens with two attached hydrogens (primary N) is 1. The zero-order chi connectivity index (χ0) is 11.1.